The van der Waals surface area contributed by atoms with Crippen molar-refractivity contribution in [1.29, 1.82) is 0 Å². The van der Waals surface area contributed by atoms with E-state index in [1.165, 1.54) is 22.6 Å². The molecule has 178 valence electrons. The highest BCUT2D eigenvalue weighted by atomic mass is 32.2. The van der Waals surface area contributed by atoms with Crippen molar-refractivity contribution in [3.63, 3.8) is 0 Å². The number of anilines is 1. The molecule has 0 aliphatic rings. The number of nitrogens with one attached hydrogen (secondary N) is 1. The van der Waals surface area contributed by atoms with E-state index in [-0.39, 0.29) is 23.8 Å². The van der Waals surface area contributed by atoms with Crippen LogP contribution < -0.4 is 5.32 Å². The zero-order chi connectivity index (χ0) is 24.2. The number of benzene rings is 1. The van der Waals surface area contributed by atoms with Gasteiger partial charge in [0.25, 0.3) is 0 Å². The van der Waals surface area contributed by atoms with E-state index in [2.05, 4.69) is 15.3 Å². The molecule has 1 N–H and O–H groups in total. The summed E-state index contributed by atoms with van der Waals surface area (Å²) in [4.78, 5) is 32.2. The second-order valence-corrected chi connectivity index (χ2v) is 10.1. The quantitative estimate of drug-likeness (QED) is 0.431. The Labute approximate surface area is 196 Å². The molecule has 12 heteroatoms. The lowest BCUT2D eigenvalue weighted by Crippen LogP contribution is -2.30. The molecule has 0 spiro atoms. The number of sulfonamides is 1. The van der Waals surface area contributed by atoms with Crippen LogP contribution in [0.15, 0.2) is 28.5 Å². The molecule has 33 heavy (non-hydrogen) atoms. The van der Waals surface area contributed by atoms with Crippen LogP contribution in [0.25, 0.3) is 11.0 Å². The van der Waals surface area contributed by atoms with E-state index >= 15 is 0 Å². The molecule has 10 nitrogen and oxygen atoms in total. The smallest absolute Gasteiger partial charge is 0.306 e. The average molecular weight is 494 g/mol. The minimum Gasteiger partial charge on any atom is -0.459 e. The first-order chi connectivity index (χ1) is 15.6. The summed E-state index contributed by atoms with van der Waals surface area (Å²) in [5, 5.41) is 4.75. The number of rotatable bonds is 10. The van der Waals surface area contributed by atoms with Crippen LogP contribution in [0.4, 0.5) is 5.13 Å². The van der Waals surface area contributed by atoms with Gasteiger partial charge in [0.15, 0.2) is 5.13 Å². The lowest BCUT2D eigenvalue weighted by molar-refractivity contribution is -0.145. The van der Waals surface area contributed by atoms with Gasteiger partial charge in [-0.3, -0.25) is 9.59 Å². The van der Waals surface area contributed by atoms with E-state index in [4.69, 9.17) is 4.74 Å². The van der Waals surface area contributed by atoms with Crippen molar-refractivity contribution in [2.24, 2.45) is 7.05 Å². The first-order valence-electron chi connectivity index (χ1n) is 10.5. The van der Waals surface area contributed by atoms with Gasteiger partial charge in [-0.15, -0.1) is 11.3 Å². The summed E-state index contributed by atoms with van der Waals surface area (Å²) >= 11 is 1.26. The van der Waals surface area contributed by atoms with Gasteiger partial charge in [0.2, 0.25) is 15.9 Å². The summed E-state index contributed by atoms with van der Waals surface area (Å²) < 4.78 is 34.1. The Morgan fingerprint density at radius 3 is 2.61 bits per heavy atom. The first kappa shape index (κ1) is 24.8. The van der Waals surface area contributed by atoms with E-state index in [9.17, 15) is 18.0 Å². The highest BCUT2D eigenvalue weighted by molar-refractivity contribution is 7.89. The van der Waals surface area contributed by atoms with Crippen molar-refractivity contribution in [2.45, 2.75) is 45.1 Å². The lowest BCUT2D eigenvalue weighted by atomic mass is 10.3. The summed E-state index contributed by atoms with van der Waals surface area (Å²) in [6.45, 7) is 5.79. The molecule has 1 aromatic carbocycles. The molecule has 1 amide bonds. The molecule has 2 heterocycles. The van der Waals surface area contributed by atoms with Gasteiger partial charge in [-0.2, -0.15) is 4.31 Å². The number of hydrogen-bond acceptors (Lipinski definition) is 8. The fourth-order valence-electron chi connectivity index (χ4n) is 3.35. The van der Waals surface area contributed by atoms with Gasteiger partial charge >= 0.3 is 5.97 Å². The van der Waals surface area contributed by atoms with Gasteiger partial charge in [-0.1, -0.05) is 13.8 Å². The maximum absolute atomic E-state index is 12.8. The van der Waals surface area contributed by atoms with Crippen molar-refractivity contribution in [3.8, 4) is 0 Å². The van der Waals surface area contributed by atoms with Gasteiger partial charge in [0.05, 0.1) is 28.0 Å². The molecule has 0 bridgehead atoms. The normalized spacial score (nSPS) is 11.8. The summed E-state index contributed by atoms with van der Waals surface area (Å²) in [6, 6.07) is 4.88. The Hall–Kier alpha value is -2.83. The van der Waals surface area contributed by atoms with Crippen molar-refractivity contribution < 1.29 is 22.7 Å². The number of aromatic nitrogens is 3. The second-order valence-electron chi connectivity index (χ2n) is 7.31. The summed E-state index contributed by atoms with van der Waals surface area (Å²) in [5.74, 6) is 0.0370. The number of carbonyl (C=O) groups excluding carboxylic acids is 2. The topological polar surface area (TPSA) is 123 Å². The third kappa shape index (κ3) is 5.75. The lowest BCUT2D eigenvalue weighted by Gasteiger charge is -2.18. The fourth-order valence-corrected chi connectivity index (χ4v) is 5.57. The van der Waals surface area contributed by atoms with E-state index in [1.807, 2.05) is 11.6 Å². The maximum Gasteiger partial charge on any atom is 0.306 e. The minimum absolute atomic E-state index is 0.0179. The first-order valence-corrected chi connectivity index (χ1v) is 12.8. The van der Waals surface area contributed by atoms with Crippen molar-refractivity contribution in [2.75, 3.05) is 18.4 Å². The molecule has 0 radical (unpaired) electrons. The molecule has 3 rings (SSSR count). The van der Waals surface area contributed by atoms with E-state index in [1.54, 1.807) is 37.4 Å². The molecular weight excluding hydrogens is 466 g/mol. The van der Waals surface area contributed by atoms with E-state index in [0.29, 0.717) is 41.7 Å². The average Bonchev–Trinajstić information content (AvgIpc) is 3.34. The van der Waals surface area contributed by atoms with E-state index < -0.39 is 16.0 Å². The number of aryl methyl sites for hydroxylation is 2. The molecule has 2 aromatic heterocycles. The van der Waals surface area contributed by atoms with Crippen LogP contribution >= 0.6 is 11.3 Å². The number of hydrogen-bond donors (Lipinski definition) is 1. The van der Waals surface area contributed by atoms with Crippen molar-refractivity contribution in [1.82, 2.24) is 18.8 Å². The van der Waals surface area contributed by atoms with Gasteiger partial charge in [0, 0.05) is 38.9 Å². The third-order valence-corrected chi connectivity index (χ3v) is 7.91. The number of nitrogens with zero attached hydrogens (tertiary/aromatic N) is 4. The molecule has 0 fully saturated rings. The molecule has 0 saturated heterocycles. The van der Waals surface area contributed by atoms with Crippen LogP contribution in [0, 0.1) is 0 Å². The SMILES string of the molecule is CCN(CC)S(=O)(=O)c1ccc2c(c1)nc(CCC(=O)OCc1csc(NC(C)=O)n1)n2C. The number of esters is 1. The molecule has 0 unspecified atom stereocenters. The number of amides is 1. The highest BCUT2D eigenvalue weighted by Gasteiger charge is 2.23. The zero-order valence-electron chi connectivity index (χ0n) is 19.0. The predicted molar refractivity (Wildman–Crippen MR) is 125 cm³/mol. The highest BCUT2D eigenvalue weighted by Crippen LogP contribution is 2.23. The molecule has 0 aliphatic heterocycles. The summed E-state index contributed by atoms with van der Waals surface area (Å²) in [7, 11) is -1.75. The van der Waals surface area contributed by atoms with Gasteiger partial charge < -0.3 is 14.6 Å². The van der Waals surface area contributed by atoms with Crippen LogP contribution in [0.1, 0.15) is 38.7 Å². The Balaban J connectivity index is 1.64. The molecule has 0 atom stereocenters. The minimum atomic E-state index is -3.58. The molecular formula is C21H27N5O5S2. The van der Waals surface area contributed by atoms with E-state index in [0.717, 1.165) is 5.52 Å². The van der Waals surface area contributed by atoms with Crippen LogP contribution in [-0.4, -0.2) is 52.2 Å². The van der Waals surface area contributed by atoms with Crippen molar-refractivity contribution >= 4 is 49.4 Å². The Morgan fingerprint density at radius 2 is 1.94 bits per heavy atom. The van der Waals surface area contributed by atoms with Crippen LogP contribution in [0.2, 0.25) is 0 Å². The summed E-state index contributed by atoms with van der Waals surface area (Å²) in [6.07, 6.45) is 0.459. The predicted octanol–water partition coefficient (Wildman–Crippen LogP) is 2.69. The second kappa shape index (κ2) is 10.4. The fraction of sp³-hybridized carbons (Fsp3) is 0.429. The number of fused-ring (bicyclic) bond motifs is 1. The monoisotopic (exact) mass is 493 g/mol. The maximum atomic E-state index is 12.8. The van der Waals surface area contributed by atoms with Crippen LogP contribution in [0.3, 0.4) is 0 Å². The molecule has 0 saturated carbocycles. The number of thiazole rings is 1. The van der Waals surface area contributed by atoms with Crippen LogP contribution in [0.5, 0.6) is 0 Å². The Morgan fingerprint density at radius 1 is 1.21 bits per heavy atom. The van der Waals surface area contributed by atoms with Crippen molar-refractivity contribution in [3.05, 3.63) is 35.1 Å². The van der Waals surface area contributed by atoms with Gasteiger partial charge in [-0.25, -0.2) is 18.4 Å². The summed E-state index contributed by atoms with van der Waals surface area (Å²) in [5.41, 5.74) is 1.90. The standard InChI is InChI=1S/C21H27N5O5S2/c1-5-26(6-2)33(29,30)16-7-8-18-17(11-16)24-19(25(18)4)9-10-20(28)31-12-15-13-32-21(23-15)22-14(3)27/h7-8,11,13H,5-6,9-10,12H2,1-4H3,(H,22,23,27). The zero-order valence-corrected chi connectivity index (χ0v) is 20.6. The van der Waals surface area contributed by atoms with Gasteiger partial charge in [-0.05, 0) is 18.2 Å². The number of imidazole rings is 1. The number of carbonyl (C=O) groups is 2. The molecule has 3 aromatic rings. The van der Waals surface area contributed by atoms with Crippen LogP contribution in [-0.2, 0) is 44.4 Å². The van der Waals surface area contributed by atoms with Gasteiger partial charge in [0.1, 0.15) is 12.4 Å². The Kier molecular flexibility index (Phi) is 7.82. The Bertz CT molecular complexity index is 1260. The molecule has 0 aliphatic carbocycles. The number of ether oxygens (including phenoxy) is 1. The largest absolute Gasteiger partial charge is 0.459 e. The third-order valence-electron chi connectivity index (χ3n) is 5.06.